The third-order valence-electron chi connectivity index (χ3n) is 2.27. The normalized spacial score (nSPS) is 10.4. The molecule has 0 heterocycles. The zero-order valence-corrected chi connectivity index (χ0v) is 9.45. The molecule has 1 amide bonds. The van der Waals surface area contributed by atoms with Gasteiger partial charge in [0.1, 0.15) is 0 Å². The van der Waals surface area contributed by atoms with Crippen molar-refractivity contribution < 1.29 is 13.6 Å². The van der Waals surface area contributed by atoms with Crippen molar-refractivity contribution in [1.82, 2.24) is 0 Å². The first-order valence-electron chi connectivity index (χ1n) is 4.76. The molecule has 0 atom stereocenters. The molecule has 16 heavy (non-hydrogen) atoms. The SMILES string of the molecule is CN(C)c1ccc(N(C)C(=O)C(F)F)cc1. The third kappa shape index (κ3) is 2.68. The maximum absolute atomic E-state index is 12.2. The molecule has 1 aromatic carbocycles. The average molecular weight is 228 g/mol. The Morgan fingerprint density at radius 3 is 1.88 bits per heavy atom. The lowest BCUT2D eigenvalue weighted by Gasteiger charge is -2.18. The molecule has 0 radical (unpaired) electrons. The number of hydrogen-bond donors (Lipinski definition) is 0. The van der Waals surface area contributed by atoms with Gasteiger partial charge in [0.25, 0.3) is 5.91 Å². The number of anilines is 2. The summed E-state index contributed by atoms with van der Waals surface area (Å²) in [6.07, 6.45) is -2.97. The quantitative estimate of drug-likeness (QED) is 0.789. The minimum atomic E-state index is -2.97. The van der Waals surface area contributed by atoms with Gasteiger partial charge in [-0.2, -0.15) is 8.78 Å². The van der Waals surface area contributed by atoms with E-state index in [0.717, 1.165) is 10.6 Å². The molecule has 1 aromatic rings. The Kier molecular flexibility index (Phi) is 3.82. The van der Waals surface area contributed by atoms with Crippen molar-refractivity contribution in [2.45, 2.75) is 6.43 Å². The summed E-state index contributed by atoms with van der Waals surface area (Å²) in [5, 5.41) is 0. The monoisotopic (exact) mass is 228 g/mol. The molecular formula is C11H14F2N2O. The van der Waals surface area contributed by atoms with Crippen molar-refractivity contribution >= 4 is 17.3 Å². The molecular weight excluding hydrogens is 214 g/mol. The van der Waals surface area contributed by atoms with Crippen LogP contribution in [-0.4, -0.2) is 33.5 Å². The fourth-order valence-corrected chi connectivity index (χ4v) is 1.25. The van der Waals surface area contributed by atoms with Gasteiger partial charge in [0.15, 0.2) is 0 Å². The highest BCUT2D eigenvalue weighted by Gasteiger charge is 2.21. The zero-order valence-electron chi connectivity index (χ0n) is 9.45. The number of benzene rings is 1. The molecule has 3 nitrogen and oxygen atoms in total. The maximum atomic E-state index is 12.2. The number of carbonyl (C=O) groups is 1. The van der Waals surface area contributed by atoms with Crippen molar-refractivity contribution in [3.63, 3.8) is 0 Å². The van der Waals surface area contributed by atoms with Gasteiger partial charge in [-0.05, 0) is 24.3 Å². The largest absolute Gasteiger partial charge is 0.378 e. The van der Waals surface area contributed by atoms with E-state index < -0.39 is 12.3 Å². The van der Waals surface area contributed by atoms with E-state index in [4.69, 9.17) is 0 Å². The second-order valence-corrected chi connectivity index (χ2v) is 3.61. The van der Waals surface area contributed by atoms with Crippen LogP contribution in [0.15, 0.2) is 24.3 Å². The van der Waals surface area contributed by atoms with E-state index in [1.165, 1.54) is 7.05 Å². The van der Waals surface area contributed by atoms with Crippen LogP contribution >= 0.6 is 0 Å². The molecule has 0 saturated carbocycles. The van der Waals surface area contributed by atoms with Crippen molar-refractivity contribution in [3.8, 4) is 0 Å². The number of nitrogens with zero attached hydrogens (tertiary/aromatic N) is 2. The Bertz CT molecular complexity index is 363. The van der Waals surface area contributed by atoms with Crippen LogP contribution in [0.4, 0.5) is 20.2 Å². The van der Waals surface area contributed by atoms with Crippen LogP contribution in [0.1, 0.15) is 0 Å². The van der Waals surface area contributed by atoms with E-state index in [-0.39, 0.29) is 0 Å². The Labute approximate surface area is 93.3 Å². The first-order chi connectivity index (χ1) is 7.43. The van der Waals surface area contributed by atoms with Crippen LogP contribution in [0.5, 0.6) is 0 Å². The highest BCUT2D eigenvalue weighted by atomic mass is 19.3. The molecule has 0 aliphatic carbocycles. The molecule has 0 unspecified atom stereocenters. The van der Waals surface area contributed by atoms with E-state index in [0.29, 0.717) is 5.69 Å². The molecule has 88 valence electrons. The summed E-state index contributed by atoms with van der Waals surface area (Å²) >= 11 is 0. The van der Waals surface area contributed by atoms with E-state index >= 15 is 0 Å². The van der Waals surface area contributed by atoms with Crippen LogP contribution in [0.3, 0.4) is 0 Å². The van der Waals surface area contributed by atoms with Gasteiger partial charge in [0, 0.05) is 32.5 Å². The molecule has 0 saturated heterocycles. The first-order valence-corrected chi connectivity index (χ1v) is 4.76. The van der Waals surface area contributed by atoms with E-state index in [1.807, 2.05) is 19.0 Å². The minimum absolute atomic E-state index is 0.455. The molecule has 0 spiro atoms. The van der Waals surface area contributed by atoms with Gasteiger partial charge in [-0.3, -0.25) is 4.79 Å². The number of carbonyl (C=O) groups excluding carboxylic acids is 1. The molecule has 0 fully saturated rings. The Hall–Kier alpha value is -1.65. The van der Waals surface area contributed by atoms with Gasteiger partial charge in [-0.15, -0.1) is 0 Å². The summed E-state index contributed by atoms with van der Waals surface area (Å²) in [6.45, 7) is 0. The molecule has 0 aliphatic rings. The van der Waals surface area contributed by atoms with Crippen LogP contribution in [0.2, 0.25) is 0 Å². The lowest BCUT2D eigenvalue weighted by atomic mass is 10.2. The lowest BCUT2D eigenvalue weighted by molar-refractivity contribution is -0.128. The lowest BCUT2D eigenvalue weighted by Crippen LogP contribution is -2.31. The van der Waals surface area contributed by atoms with E-state index in [1.54, 1.807) is 24.3 Å². The molecule has 5 heteroatoms. The van der Waals surface area contributed by atoms with Crippen molar-refractivity contribution in [3.05, 3.63) is 24.3 Å². The number of alkyl halides is 2. The van der Waals surface area contributed by atoms with Gasteiger partial charge < -0.3 is 9.80 Å². The standard InChI is InChI=1S/C11H14F2N2O/c1-14(2)8-4-6-9(7-5-8)15(3)11(16)10(12)13/h4-7,10H,1-3H3. The van der Waals surface area contributed by atoms with Crippen LogP contribution < -0.4 is 9.80 Å². The fraction of sp³-hybridized carbons (Fsp3) is 0.364. The number of hydrogen-bond acceptors (Lipinski definition) is 2. The minimum Gasteiger partial charge on any atom is -0.378 e. The number of amides is 1. The second kappa shape index (κ2) is 4.92. The first kappa shape index (κ1) is 12.4. The summed E-state index contributed by atoms with van der Waals surface area (Å²) in [5.74, 6) is -1.20. The summed E-state index contributed by atoms with van der Waals surface area (Å²) in [4.78, 5) is 13.9. The predicted molar refractivity (Wildman–Crippen MR) is 60.2 cm³/mol. The molecule has 0 aliphatic heterocycles. The van der Waals surface area contributed by atoms with E-state index in [9.17, 15) is 13.6 Å². The van der Waals surface area contributed by atoms with Crippen LogP contribution in [-0.2, 0) is 4.79 Å². The van der Waals surface area contributed by atoms with Crippen molar-refractivity contribution in [1.29, 1.82) is 0 Å². The van der Waals surface area contributed by atoms with Gasteiger partial charge in [-0.25, -0.2) is 0 Å². The zero-order chi connectivity index (χ0) is 12.3. The number of rotatable bonds is 3. The summed E-state index contributed by atoms with van der Waals surface area (Å²) in [5.41, 5.74) is 1.40. The fourth-order valence-electron chi connectivity index (χ4n) is 1.25. The smallest absolute Gasteiger partial charge is 0.316 e. The molecule has 0 N–H and O–H groups in total. The molecule has 0 bridgehead atoms. The van der Waals surface area contributed by atoms with Gasteiger partial charge in [0.05, 0.1) is 0 Å². The van der Waals surface area contributed by atoms with Crippen molar-refractivity contribution in [2.24, 2.45) is 0 Å². The van der Waals surface area contributed by atoms with Crippen molar-refractivity contribution in [2.75, 3.05) is 30.9 Å². The maximum Gasteiger partial charge on any atom is 0.316 e. The second-order valence-electron chi connectivity index (χ2n) is 3.61. The Morgan fingerprint density at radius 1 is 1.06 bits per heavy atom. The summed E-state index contributed by atoms with van der Waals surface area (Å²) < 4.78 is 24.3. The highest BCUT2D eigenvalue weighted by Crippen LogP contribution is 2.19. The predicted octanol–water partition coefficient (Wildman–Crippen LogP) is 1.98. The van der Waals surface area contributed by atoms with Gasteiger partial charge in [0.2, 0.25) is 0 Å². The molecule has 0 aromatic heterocycles. The average Bonchev–Trinajstić information content (AvgIpc) is 2.27. The third-order valence-corrected chi connectivity index (χ3v) is 2.27. The van der Waals surface area contributed by atoms with Gasteiger partial charge in [-0.1, -0.05) is 0 Å². The highest BCUT2D eigenvalue weighted by molar-refractivity contribution is 5.95. The topological polar surface area (TPSA) is 23.6 Å². The van der Waals surface area contributed by atoms with E-state index in [2.05, 4.69) is 0 Å². The summed E-state index contributed by atoms with van der Waals surface area (Å²) in [6, 6.07) is 6.81. The molecule has 1 rings (SSSR count). The van der Waals surface area contributed by atoms with Crippen LogP contribution in [0, 0.1) is 0 Å². The Morgan fingerprint density at radius 2 is 1.50 bits per heavy atom. The number of halogens is 2. The summed E-state index contributed by atoms with van der Waals surface area (Å²) in [7, 11) is 5.09. The van der Waals surface area contributed by atoms with Gasteiger partial charge >= 0.3 is 6.43 Å². The Balaban J connectivity index is 2.85. The van der Waals surface area contributed by atoms with Crippen LogP contribution in [0.25, 0.3) is 0 Å².